The number of thiazole rings is 1. The molecular weight excluding hydrogens is 408 g/mol. The molecule has 0 aliphatic carbocycles. The quantitative estimate of drug-likeness (QED) is 0.497. The molecule has 0 bridgehead atoms. The molecule has 0 spiro atoms. The molecule has 0 aliphatic heterocycles. The van der Waals surface area contributed by atoms with Crippen molar-refractivity contribution in [1.82, 2.24) is 19.9 Å². The fourth-order valence-corrected chi connectivity index (χ4v) is 4.21. The van der Waals surface area contributed by atoms with Gasteiger partial charge in [-0.05, 0) is 51.0 Å². The number of carbonyl (C=O) groups is 1. The summed E-state index contributed by atoms with van der Waals surface area (Å²) < 4.78 is 1.68. The maximum Gasteiger partial charge on any atom is 0.272 e. The summed E-state index contributed by atoms with van der Waals surface area (Å²) in [5.74, 6) is -0.148. The summed E-state index contributed by atoms with van der Waals surface area (Å²) in [5.41, 5.74) is 5.52. The Morgan fingerprint density at radius 1 is 1.10 bits per heavy atom. The van der Waals surface area contributed by atoms with Gasteiger partial charge in [0.15, 0.2) is 0 Å². The fraction of sp³-hybridized carbons (Fsp3) is 0.250. The van der Waals surface area contributed by atoms with Crippen LogP contribution in [-0.4, -0.2) is 27.0 Å². The van der Waals surface area contributed by atoms with Crippen LogP contribution in [0.3, 0.4) is 0 Å². The molecule has 0 aliphatic rings. The third-order valence-corrected chi connectivity index (χ3v) is 6.03. The lowest BCUT2D eigenvalue weighted by atomic mass is 10.1. The van der Waals surface area contributed by atoms with Crippen molar-refractivity contribution in [3.8, 4) is 11.3 Å². The number of aryl methyl sites for hydroxylation is 3. The molecule has 2 heterocycles. The van der Waals surface area contributed by atoms with Crippen LogP contribution in [0.2, 0.25) is 0 Å². The average molecular weight is 433 g/mol. The van der Waals surface area contributed by atoms with Crippen LogP contribution in [0.5, 0.6) is 0 Å². The summed E-state index contributed by atoms with van der Waals surface area (Å²) in [4.78, 5) is 33.7. The molecular formula is C24H24N4O2S. The van der Waals surface area contributed by atoms with Crippen molar-refractivity contribution in [3.05, 3.63) is 80.0 Å². The molecule has 7 heteroatoms. The van der Waals surface area contributed by atoms with Crippen molar-refractivity contribution in [2.75, 3.05) is 6.54 Å². The highest BCUT2D eigenvalue weighted by molar-refractivity contribution is 7.09. The number of hydrogen-bond acceptors (Lipinski definition) is 5. The first-order chi connectivity index (χ1) is 15.0. The van der Waals surface area contributed by atoms with Gasteiger partial charge in [-0.2, -0.15) is 0 Å². The number of carbonyl (C=O) groups excluding carboxylic acids is 1. The molecule has 6 nitrogen and oxygen atoms in total. The predicted molar refractivity (Wildman–Crippen MR) is 125 cm³/mol. The molecule has 31 heavy (non-hydrogen) atoms. The molecule has 2 aromatic carbocycles. The molecule has 1 amide bonds. The molecule has 158 valence electrons. The van der Waals surface area contributed by atoms with Crippen molar-refractivity contribution in [3.63, 3.8) is 0 Å². The van der Waals surface area contributed by atoms with Crippen LogP contribution >= 0.6 is 11.3 Å². The van der Waals surface area contributed by atoms with E-state index in [1.165, 1.54) is 0 Å². The SMILES string of the molecule is CCn1c(=O)c(C)nc2cc(C(=O)NCCc3ccc(-c4csc(C)n4)cc3)ccc21. The second-order valence-corrected chi connectivity index (χ2v) is 8.47. The van der Waals surface area contributed by atoms with Crippen LogP contribution in [0.4, 0.5) is 0 Å². The van der Waals surface area contributed by atoms with Gasteiger partial charge in [0, 0.05) is 29.6 Å². The highest BCUT2D eigenvalue weighted by Gasteiger charge is 2.11. The van der Waals surface area contributed by atoms with Gasteiger partial charge in [-0.25, -0.2) is 9.97 Å². The summed E-state index contributed by atoms with van der Waals surface area (Å²) in [5, 5.41) is 6.08. The summed E-state index contributed by atoms with van der Waals surface area (Å²) in [6.45, 7) is 6.71. The number of nitrogens with zero attached hydrogens (tertiary/aromatic N) is 3. The van der Waals surface area contributed by atoms with Crippen molar-refractivity contribution in [2.45, 2.75) is 33.7 Å². The minimum Gasteiger partial charge on any atom is -0.352 e. The van der Waals surface area contributed by atoms with E-state index in [0.29, 0.717) is 29.9 Å². The molecule has 4 aromatic rings. The number of aromatic nitrogens is 3. The number of rotatable bonds is 6. The number of fused-ring (bicyclic) bond motifs is 1. The van der Waals surface area contributed by atoms with E-state index in [1.54, 1.807) is 41.0 Å². The van der Waals surface area contributed by atoms with Crippen LogP contribution in [0.25, 0.3) is 22.3 Å². The Kier molecular flexibility index (Phi) is 5.95. The molecule has 2 aromatic heterocycles. The van der Waals surface area contributed by atoms with E-state index < -0.39 is 0 Å². The summed E-state index contributed by atoms with van der Waals surface area (Å²) in [6, 6.07) is 13.6. The normalized spacial score (nSPS) is 11.1. The van der Waals surface area contributed by atoms with Gasteiger partial charge in [-0.1, -0.05) is 24.3 Å². The maximum absolute atomic E-state index is 12.6. The molecule has 0 saturated heterocycles. The van der Waals surface area contributed by atoms with Crippen LogP contribution in [0.1, 0.15) is 33.5 Å². The molecule has 0 radical (unpaired) electrons. The van der Waals surface area contributed by atoms with Crippen molar-refractivity contribution >= 4 is 28.3 Å². The maximum atomic E-state index is 12.6. The third-order valence-electron chi connectivity index (χ3n) is 5.26. The topological polar surface area (TPSA) is 76.9 Å². The smallest absolute Gasteiger partial charge is 0.272 e. The lowest BCUT2D eigenvalue weighted by Crippen LogP contribution is -2.26. The average Bonchev–Trinajstić information content (AvgIpc) is 3.21. The van der Waals surface area contributed by atoms with Crippen molar-refractivity contribution in [1.29, 1.82) is 0 Å². The standard InChI is InChI=1S/C24H24N4O2S/c1-4-28-22-10-9-19(13-20(22)26-15(2)24(28)30)23(29)25-12-11-17-5-7-18(8-6-17)21-14-31-16(3)27-21/h5-10,13-14H,4,11-12H2,1-3H3,(H,25,29). The van der Waals surface area contributed by atoms with Gasteiger partial charge < -0.3 is 9.88 Å². The third kappa shape index (κ3) is 4.41. The Labute approximate surface area is 184 Å². The Morgan fingerprint density at radius 3 is 2.55 bits per heavy atom. The number of amides is 1. The van der Waals surface area contributed by atoms with E-state index in [9.17, 15) is 9.59 Å². The molecule has 0 atom stereocenters. The van der Waals surface area contributed by atoms with Gasteiger partial charge in [0.05, 0.1) is 21.7 Å². The van der Waals surface area contributed by atoms with Gasteiger partial charge >= 0.3 is 0 Å². The molecule has 0 unspecified atom stereocenters. The Morgan fingerprint density at radius 2 is 1.87 bits per heavy atom. The van der Waals surface area contributed by atoms with Crippen LogP contribution in [-0.2, 0) is 13.0 Å². The minimum absolute atomic E-state index is 0.0943. The van der Waals surface area contributed by atoms with Gasteiger partial charge in [-0.3, -0.25) is 9.59 Å². The van der Waals surface area contributed by atoms with Crippen molar-refractivity contribution < 1.29 is 4.79 Å². The van der Waals surface area contributed by atoms with Gasteiger partial charge in [-0.15, -0.1) is 11.3 Å². The first kappa shape index (κ1) is 20.9. The first-order valence-electron chi connectivity index (χ1n) is 10.3. The molecule has 1 N–H and O–H groups in total. The van der Waals surface area contributed by atoms with Gasteiger partial charge in [0.2, 0.25) is 0 Å². The second kappa shape index (κ2) is 8.81. The Balaban J connectivity index is 1.41. The van der Waals surface area contributed by atoms with E-state index >= 15 is 0 Å². The van der Waals surface area contributed by atoms with E-state index in [4.69, 9.17) is 0 Å². The zero-order valence-electron chi connectivity index (χ0n) is 17.8. The zero-order valence-corrected chi connectivity index (χ0v) is 18.6. The van der Waals surface area contributed by atoms with Crippen molar-refractivity contribution in [2.24, 2.45) is 0 Å². The Hall–Kier alpha value is -3.32. The largest absolute Gasteiger partial charge is 0.352 e. The number of benzene rings is 2. The summed E-state index contributed by atoms with van der Waals surface area (Å²) >= 11 is 1.64. The lowest BCUT2D eigenvalue weighted by molar-refractivity contribution is 0.0954. The summed E-state index contributed by atoms with van der Waals surface area (Å²) in [6.07, 6.45) is 0.739. The lowest BCUT2D eigenvalue weighted by Gasteiger charge is -2.10. The number of nitrogens with one attached hydrogen (secondary N) is 1. The van der Waals surface area contributed by atoms with E-state index in [2.05, 4.69) is 44.9 Å². The van der Waals surface area contributed by atoms with Crippen LogP contribution < -0.4 is 10.9 Å². The molecule has 0 fully saturated rings. The molecule has 0 saturated carbocycles. The summed E-state index contributed by atoms with van der Waals surface area (Å²) in [7, 11) is 0. The predicted octanol–water partition coefficient (Wildman–Crippen LogP) is 4.13. The fourth-order valence-electron chi connectivity index (χ4n) is 3.59. The van der Waals surface area contributed by atoms with Gasteiger partial charge in [0.1, 0.15) is 5.69 Å². The van der Waals surface area contributed by atoms with Crippen LogP contribution in [0.15, 0.2) is 52.6 Å². The minimum atomic E-state index is -0.148. The Bertz CT molecular complexity index is 1310. The monoisotopic (exact) mass is 432 g/mol. The number of hydrogen-bond donors (Lipinski definition) is 1. The van der Waals surface area contributed by atoms with E-state index in [1.807, 2.05) is 13.8 Å². The zero-order chi connectivity index (χ0) is 22.0. The first-order valence-corrected chi connectivity index (χ1v) is 11.1. The molecule has 4 rings (SSSR count). The van der Waals surface area contributed by atoms with E-state index in [-0.39, 0.29) is 11.5 Å². The highest BCUT2D eigenvalue weighted by Crippen LogP contribution is 2.22. The van der Waals surface area contributed by atoms with Gasteiger partial charge in [0.25, 0.3) is 11.5 Å². The van der Waals surface area contributed by atoms with E-state index in [0.717, 1.165) is 33.8 Å². The second-order valence-electron chi connectivity index (χ2n) is 7.40. The highest BCUT2D eigenvalue weighted by atomic mass is 32.1. The van der Waals surface area contributed by atoms with Crippen LogP contribution in [0, 0.1) is 13.8 Å².